The fraction of sp³-hybridized carbons (Fsp3) is 0.316. The molecule has 2 aromatic rings. The van der Waals surface area contributed by atoms with Crippen molar-refractivity contribution < 1.29 is 23.4 Å². The molecule has 0 fully saturated rings. The number of carbonyl (C=O) groups is 1. The fourth-order valence-electron chi connectivity index (χ4n) is 2.36. The van der Waals surface area contributed by atoms with Crippen LogP contribution in [-0.4, -0.2) is 23.7 Å². The Morgan fingerprint density at radius 2 is 1.96 bits per heavy atom. The lowest BCUT2D eigenvalue weighted by atomic mass is 10.0. The summed E-state index contributed by atoms with van der Waals surface area (Å²) < 4.78 is 31.7. The van der Waals surface area contributed by atoms with Crippen LogP contribution in [0.3, 0.4) is 0 Å². The number of rotatable bonds is 7. The summed E-state index contributed by atoms with van der Waals surface area (Å²) in [5.41, 5.74) is 1.26. The molecule has 2 rings (SSSR count). The standard InChI is InChI=1S/C19H21F2NO3/c1-12-4-3-5-15(10-12)25-9-8-18(23)22-13(2)19(24)14-6-7-16(20)17(21)11-14/h3-7,10-11,13,19,24H,8-9H2,1-2H3,(H,22,23). The Morgan fingerprint density at radius 3 is 2.64 bits per heavy atom. The van der Waals surface area contributed by atoms with Gasteiger partial charge in [-0.15, -0.1) is 0 Å². The zero-order valence-corrected chi connectivity index (χ0v) is 14.1. The van der Waals surface area contributed by atoms with Gasteiger partial charge in [-0.25, -0.2) is 8.78 Å². The number of benzene rings is 2. The van der Waals surface area contributed by atoms with Crippen molar-refractivity contribution in [2.75, 3.05) is 6.61 Å². The number of amides is 1. The minimum Gasteiger partial charge on any atom is -0.493 e. The van der Waals surface area contributed by atoms with Gasteiger partial charge in [0.2, 0.25) is 5.91 Å². The van der Waals surface area contributed by atoms with E-state index >= 15 is 0 Å². The molecule has 25 heavy (non-hydrogen) atoms. The number of aliphatic hydroxyl groups is 1. The number of ether oxygens (including phenoxy) is 1. The Morgan fingerprint density at radius 1 is 1.20 bits per heavy atom. The van der Waals surface area contributed by atoms with Crippen LogP contribution in [0.2, 0.25) is 0 Å². The molecule has 0 radical (unpaired) electrons. The van der Waals surface area contributed by atoms with Crippen molar-refractivity contribution in [1.82, 2.24) is 5.32 Å². The highest BCUT2D eigenvalue weighted by Crippen LogP contribution is 2.19. The fourth-order valence-corrected chi connectivity index (χ4v) is 2.36. The zero-order chi connectivity index (χ0) is 18.4. The predicted octanol–water partition coefficient (Wildman–Crippen LogP) is 3.28. The van der Waals surface area contributed by atoms with Crippen LogP contribution in [0.1, 0.15) is 30.6 Å². The highest BCUT2D eigenvalue weighted by Gasteiger charge is 2.19. The van der Waals surface area contributed by atoms with Gasteiger partial charge in [0, 0.05) is 0 Å². The maximum absolute atomic E-state index is 13.2. The number of halogens is 2. The zero-order valence-electron chi connectivity index (χ0n) is 14.1. The first-order chi connectivity index (χ1) is 11.9. The average Bonchev–Trinajstić information content (AvgIpc) is 2.56. The van der Waals surface area contributed by atoms with Gasteiger partial charge in [-0.2, -0.15) is 0 Å². The van der Waals surface area contributed by atoms with Crippen molar-refractivity contribution in [3.63, 3.8) is 0 Å². The van der Waals surface area contributed by atoms with Crippen LogP contribution in [0, 0.1) is 18.6 Å². The van der Waals surface area contributed by atoms with Crippen LogP contribution >= 0.6 is 0 Å². The second kappa shape index (κ2) is 8.58. The average molecular weight is 349 g/mol. The molecule has 0 aliphatic heterocycles. The molecule has 6 heteroatoms. The van der Waals surface area contributed by atoms with Gasteiger partial charge in [0.1, 0.15) is 5.75 Å². The van der Waals surface area contributed by atoms with E-state index in [4.69, 9.17) is 4.74 Å². The van der Waals surface area contributed by atoms with E-state index in [0.717, 1.165) is 17.7 Å². The van der Waals surface area contributed by atoms with E-state index < -0.39 is 23.8 Å². The van der Waals surface area contributed by atoms with Crippen LogP contribution < -0.4 is 10.1 Å². The smallest absolute Gasteiger partial charge is 0.223 e. The van der Waals surface area contributed by atoms with Gasteiger partial charge in [-0.05, 0) is 49.2 Å². The first kappa shape index (κ1) is 18.9. The van der Waals surface area contributed by atoms with Crippen LogP contribution in [-0.2, 0) is 4.79 Å². The van der Waals surface area contributed by atoms with Crippen molar-refractivity contribution in [1.29, 1.82) is 0 Å². The molecule has 2 aromatic carbocycles. The van der Waals surface area contributed by atoms with Gasteiger partial charge >= 0.3 is 0 Å². The van der Waals surface area contributed by atoms with E-state index in [0.29, 0.717) is 5.75 Å². The molecule has 1 amide bonds. The summed E-state index contributed by atoms with van der Waals surface area (Å²) in [6, 6.07) is 9.98. The minimum absolute atomic E-state index is 0.114. The first-order valence-corrected chi connectivity index (χ1v) is 7.98. The molecule has 0 bridgehead atoms. The van der Waals surface area contributed by atoms with Gasteiger partial charge < -0.3 is 15.2 Å². The van der Waals surface area contributed by atoms with Gasteiger partial charge in [0.15, 0.2) is 11.6 Å². The summed E-state index contributed by atoms with van der Waals surface area (Å²) in [5, 5.41) is 12.8. The molecular formula is C19H21F2NO3. The second-order valence-electron chi connectivity index (χ2n) is 5.89. The summed E-state index contributed by atoms with van der Waals surface area (Å²) >= 11 is 0. The first-order valence-electron chi connectivity index (χ1n) is 7.98. The quantitative estimate of drug-likeness (QED) is 0.806. The van der Waals surface area contributed by atoms with Crippen LogP contribution in [0.4, 0.5) is 8.78 Å². The molecule has 0 aliphatic rings. The number of hydrogen-bond acceptors (Lipinski definition) is 3. The summed E-state index contributed by atoms with van der Waals surface area (Å²) in [4.78, 5) is 11.9. The Balaban J connectivity index is 1.81. The minimum atomic E-state index is -1.14. The molecule has 134 valence electrons. The van der Waals surface area contributed by atoms with E-state index in [1.54, 1.807) is 13.0 Å². The van der Waals surface area contributed by atoms with Crippen molar-refractivity contribution in [3.05, 3.63) is 65.2 Å². The lowest BCUT2D eigenvalue weighted by molar-refractivity contribution is -0.123. The van der Waals surface area contributed by atoms with E-state index in [9.17, 15) is 18.7 Å². The van der Waals surface area contributed by atoms with Crippen molar-refractivity contribution in [2.24, 2.45) is 0 Å². The van der Waals surface area contributed by atoms with Gasteiger partial charge in [-0.1, -0.05) is 18.2 Å². The van der Waals surface area contributed by atoms with Gasteiger partial charge in [0.25, 0.3) is 0 Å². The second-order valence-corrected chi connectivity index (χ2v) is 5.89. The molecule has 2 atom stereocenters. The maximum atomic E-state index is 13.2. The molecule has 0 spiro atoms. The monoisotopic (exact) mass is 349 g/mol. The van der Waals surface area contributed by atoms with E-state index in [1.807, 2.05) is 25.1 Å². The van der Waals surface area contributed by atoms with Crippen molar-refractivity contribution in [3.8, 4) is 5.75 Å². The highest BCUT2D eigenvalue weighted by atomic mass is 19.2. The SMILES string of the molecule is Cc1cccc(OCCC(=O)NC(C)C(O)c2ccc(F)c(F)c2)c1. The molecule has 0 aromatic heterocycles. The predicted molar refractivity (Wildman–Crippen MR) is 90.2 cm³/mol. The summed E-state index contributed by atoms with van der Waals surface area (Å²) in [6.07, 6.45) is -1.03. The van der Waals surface area contributed by atoms with E-state index in [1.165, 1.54) is 6.07 Å². The number of carbonyl (C=O) groups excluding carboxylic acids is 1. The van der Waals surface area contributed by atoms with Gasteiger partial charge in [-0.3, -0.25) is 4.79 Å². The third-order valence-electron chi connectivity index (χ3n) is 3.73. The van der Waals surface area contributed by atoms with Crippen molar-refractivity contribution >= 4 is 5.91 Å². The molecule has 0 aliphatic carbocycles. The van der Waals surface area contributed by atoms with Gasteiger partial charge in [0.05, 0.1) is 25.2 Å². The molecule has 0 saturated heterocycles. The molecule has 4 nitrogen and oxygen atoms in total. The number of nitrogens with one attached hydrogen (secondary N) is 1. The van der Waals surface area contributed by atoms with Crippen molar-refractivity contribution in [2.45, 2.75) is 32.4 Å². The Bertz CT molecular complexity index is 736. The summed E-state index contributed by atoms with van der Waals surface area (Å²) in [6.45, 7) is 3.73. The lowest BCUT2D eigenvalue weighted by Gasteiger charge is -2.21. The molecular weight excluding hydrogens is 328 g/mol. The number of hydrogen-bond donors (Lipinski definition) is 2. The number of aryl methyl sites for hydroxylation is 1. The van der Waals surface area contributed by atoms with Crippen LogP contribution in [0.5, 0.6) is 5.75 Å². The highest BCUT2D eigenvalue weighted by molar-refractivity contribution is 5.76. The summed E-state index contributed by atoms with van der Waals surface area (Å²) in [7, 11) is 0. The Labute approximate surface area is 145 Å². The third kappa shape index (κ3) is 5.53. The van der Waals surface area contributed by atoms with Crippen LogP contribution in [0.25, 0.3) is 0 Å². The number of aliphatic hydroxyl groups excluding tert-OH is 1. The molecule has 0 heterocycles. The topological polar surface area (TPSA) is 58.6 Å². The summed E-state index contributed by atoms with van der Waals surface area (Å²) in [5.74, 6) is -1.65. The third-order valence-corrected chi connectivity index (χ3v) is 3.73. The van der Waals surface area contributed by atoms with E-state index in [-0.39, 0.29) is 24.5 Å². The largest absolute Gasteiger partial charge is 0.493 e. The Hall–Kier alpha value is -2.47. The van der Waals surface area contributed by atoms with E-state index in [2.05, 4.69) is 5.32 Å². The molecule has 0 saturated carbocycles. The Kier molecular flexibility index (Phi) is 6.47. The maximum Gasteiger partial charge on any atom is 0.223 e. The lowest BCUT2D eigenvalue weighted by Crippen LogP contribution is -2.37. The molecule has 2 N–H and O–H groups in total. The molecule has 2 unspecified atom stereocenters. The van der Waals surface area contributed by atoms with Crippen LogP contribution in [0.15, 0.2) is 42.5 Å². The normalized spacial score (nSPS) is 13.2.